The maximum Gasteiger partial charge on any atom is 0.393 e. The summed E-state index contributed by atoms with van der Waals surface area (Å²) >= 11 is 0. The van der Waals surface area contributed by atoms with Gasteiger partial charge in [-0.2, -0.15) is 4.98 Å². The van der Waals surface area contributed by atoms with Gasteiger partial charge in [-0.25, -0.2) is 0 Å². The normalized spacial score (nSPS) is 13.1. The zero-order valence-corrected chi connectivity index (χ0v) is 10.6. The Morgan fingerprint density at radius 1 is 1.44 bits per heavy atom. The second-order valence-corrected chi connectivity index (χ2v) is 4.47. The molecular formula is C12H22N2O2. The predicted octanol–water partition coefficient (Wildman–Crippen LogP) is 2.60. The maximum absolute atomic E-state index is 5.47. The van der Waals surface area contributed by atoms with Gasteiger partial charge in [0.05, 0.1) is 5.69 Å². The third kappa shape index (κ3) is 4.66. The summed E-state index contributed by atoms with van der Waals surface area (Å²) in [6, 6.07) is 0. The molecule has 0 amide bonds. The minimum absolute atomic E-state index is 0.148. The Kier molecular flexibility index (Phi) is 5.32. The molecule has 0 radical (unpaired) electrons. The van der Waals surface area contributed by atoms with Crippen LogP contribution in [0.3, 0.4) is 0 Å². The minimum atomic E-state index is 0.148. The van der Waals surface area contributed by atoms with E-state index in [0.29, 0.717) is 12.0 Å². The van der Waals surface area contributed by atoms with Crippen LogP contribution in [0, 0.1) is 5.92 Å². The molecule has 1 atom stereocenters. The first-order chi connectivity index (χ1) is 7.61. The third-order valence-electron chi connectivity index (χ3n) is 2.27. The number of hydrogen-bond donors (Lipinski definition) is 1. The lowest BCUT2D eigenvalue weighted by atomic mass is 10.2. The SMILES string of the molecule is CCC(C)Oc1nc(CNCC(C)C)co1. The number of nitrogens with zero attached hydrogens (tertiary/aromatic N) is 1. The van der Waals surface area contributed by atoms with Crippen LogP contribution in [0.4, 0.5) is 0 Å². The predicted molar refractivity (Wildman–Crippen MR) is 63.4 cm³/mol. The van der Waals surface area contributed by atoms with Crippen molar-refractivity contribution in [2.45, 2.75) is 46.8 Å². The monoisotopic (exact) mass is 226 g/mol. The molecule has 1 unspecified atom stereocenters. The molecule has 1 rings (SSSR count). The third-order valence-corrected chi connectivity index (χ3v) is 2.27. The summed E-state index contributed by atoms with van der Waals surface area (Å²) in [6.07, 6.45) is 3.11. The molecule has 0 aliphatic carbocycles. The number of rotatable bonds is 7. The topological polar surface area (TPSA) is 47.3 Å². The van der Waals surface area contributed by atoms with Gasteiger partial charge in [-0.1, -0.05) is 20.8 Å². The molecule has 0 spiro atoms. The Balaban J connectivity index is 2.33. The van der Waals surface area contributed by atoms with Gasteiger partial charge in [-0.3, -0.25) is 0 Å². The fraction of sp³-hybridized carbons (Fsp3) is 0.750. The van der Waals surface area contributed by atoms with Crippen LogP contribution in [0.5, 0.6) is 6.08 Å². The molecule has 4 heteroatoms. The van der Waals surface area contributed by atoms with Crippen LogP contribution in [0.15, 0.2) is 10.7 Å². The molecule has 1 N–H and O–H groups in total. The lowest BCUT2D eigenvalue weighted by Gasteiger charge is -2.07. The average molecular weight is 226 g/mol. The van der Waals surface area contributed by atoms with E-state index in [9.17, 15) is 0 Å². The number of nitrogens with one attached hydrogen (secondary N) is 1. The van der Waals surface area contributed by atoms with E-state index in [-0.39, 0.29) is 6.10 Å². The van der Waals surface area contributed by atoms with E-state index in [0.717, 1.165) is 25.2 Å². The molecule has 92 valence electrons. The van der Waals surface area contributed by atoms with Gasteiger partial charge in [0.25, 0.3) is 0 Å². The number of ether oxygens (including phenoxy) is 1. The van der Waals surface area contributed by atoms with Crippen LogP contribution >= 0.6 is 0 Å². The Morgan fingerprint density at radius 3 is 2.81 bits per heavy atom. The molecule has 16 heavy (non-hydrogen) atoms. The van der Waals surface area contributed by atoms with E-state index in [1.165, 1.54) is 0 Å². The Hall–Kier alpha value is -1.03. The van der Waals surface area contributed by atoms with Gasteiger partial charge in [0.1, 0.15) is 12.4 Å². The first-order valence-electron chi connectivity index (χ1n) is 5.93. The van der Waals surface area contributed by atoms with Crippen molar-refractivity contribution >= 4 is 0 Å². The Labute approximate surface area is 97.4 Å². The lowest BCUT2D eigenvalue weighted by molar-refractivity contribution is 0.158. The largest absolute Gasteiger partial charge is 0.447 e. The molecular weight excluding hydrogens is 204 g/mol. The van der Waals surface area contributed by atoms with E-state index >= 15 is 0 Å². The first kappa shape index (κ1) is 13.0. The van der Waals surface area contributed by atoms with E-state index in [2.05, 4.69) is 31.1 Å². The van der Waals surface area contributed by atoms with Crippen LogP contribution in [0.1, 0.15) is 39.8 Å². The van der Waals surface area contributed by atoms with Crippen molar-refractivity contribution in [3.63, 3.8) is 0 Å². The zero-order chi connectivity index (χ0) is 12.0. The summed E-state index contributed by atoms with van der Waals surface area (Å²) in [5.74, 6) is 0.641. The van der Waals surface area contributed by atoms with E-state index in [1.807, 2.05) is 6.92 Å². The van der Waals surface area contributed by atoms with Gasteiger partial charge in [0, 0.05) is 6.54 Å². The average Bonchev–Trinajstić information content (AvgIpc) is 2.65. The van der Waals surface area contributed by atoms with Gasteiger partial charge in [0.2, 0.25) is 0 Å². The molecule has 1 heterocycles. The molecule has 0 saturated heterocycles. The van der Waals surface area contributed by atoms with Crippen LogP contribution in [-0.2, 0) is 6.54 Å². The number of hydrogen-bond acceptors (Lipinski definition) is 4. The van der Waals surface area contributed by atoms with Crippen molar-refractivity contribution in [3.05, 3.63) is 12.0 Å². The second kappa shape index (κ2) is 6.53. The molecule has 0 saturated carbocycles. The van der Waals surface area contributed by atoms with Gasteiger partial charge in [-0.15, -0.1) is 0 Å². The number of oxazole rings is 1. The summed E-state index contributed by atoms with van der Waals surface area (Å²) in [6.45, 7) is 10.1. The molecule has 4 nitrogen and oxygen atoms in total. The molecule has 0 aliphatic rings. The summed E-state index contributed by atoms with van der Waals surface area (Å²) < 4.78 is 10.7. The number of aromatic nitrogens is 1. The minimum Gasteiger partial charge on any atom is -0.447 e. The fourth-order valence-corrected chi connectivity index (χ4v) is 1.17. The van der Waals surface area contributed by atoms with Crippen molar-refractivity contribution in [2.24, 2.45) is 5.92 Å². The van der Waals surface area contributed by atoms with Gasteiger partial charge < -0.3 is 14.5 Å². The van der Waals surface area contributed by atoms with E-state index in [1.54, 1.807) is 6.26 Å². The van der Waals surface area contributed by atoms with E-state index < -0.39 is 0 Å². The van der Waals surface area contributed by atoms with E-state index in [4.69, 9.17) is 9.15 Å². The van der Waals surface area contributed by atoms with Crippen molar-refractivity contribution in [3.8, 4) is 6.08 Å². The van der Waals surface area contributed by atoms with Crippen molar-refractivity contribution in [1.29, 1.82) is 0 Å². The summed E-state index contributed by atoms with van der Waals surface area (Å²) in [4.78, 5) is 4.24. The first-order valence-corrected chi connectivity index (χ1v) is 5.93. The highest BCUT2D eigenvalue weighted by atomic mass is 16.6. The van der Waals surface area contributed by atoms with Crippen LogP contribution in [0.25, 0.3) is 0 Å². The van der Waals surface area contributed by atoms with Crippen molar-refractivity contribution in [1.82, 2.24) is 10.3 Å². The highest BCUT2D eigenvalue weighted by Gasteiger charge is 2.08. The summed E-state index contributed by atoms with van der Waals surface area (Å²) in [7, 11) is 0. The molecule has 0 aromatic carbocycles. The molecule has 0 fully saturated rings. The highest BCUT2D eigenvalue weighted by Crippen LogP contribution is 2.12. The van der Waals surface area contributed by atoms with Crippen molar-refractivity contribution < 1.29 is 9.15 Å². The molecule has 0 bridgehead atoms. The molecule has 1 aromatic rings. The highest BCUT2D eigenvalue weighted by molar-refractivity contribution is 4.99. The quantitative estimate of drug-likeness (QED) is 0.776. The van der Waals surface area contributed by atoms with Crippen LogP contribution in [0.2, 0.25) is 0 Å². The van der Waals surface area contributed by atoms with Gasteiger partial charge in [0.15, 0.2) is 0 Å². The molecule has 1 aromatic heterocycles. The lowest BCUT2D eigenvalue weighted by Crippen LogP contribution is -2.19. The standard InChI is InChI=1S/C12H22N2O2/c1-5-10(4)16-12-14-11(8-15-12)7-13-6-9(2)3/h8-10,13H,5-7H2,1-4H3. The second-order valence-electron chi connectivity index (χ2n) is 4.47. The zero-order valence-electron chi connectivity index (χ0n) is 10.6. The smallest absolute Gasteiger partial charge is 0.393 e. The van der Waals surface area contributed by atoms with Crippen molar-refractivity contribution in [2.75, 3.05) is 6.54 Å². The maximum atomic E-state index is 5.47. The Bertz CT molecular complexity index is 297. The van der Waals surface area contributed by atoms with Gasteiger partial charge in [-0.05, 0) is 25.8 Å². The molecule has 0 aliphatic heterocycles. The van der Waals surface area contributed by atoms with Gasteiger partial charge >= 0.3 is 6.08 Å². The van der Waals surface area contributed by atoms with Crippen LogP contribution in [-0.4, -0.2) is 17.6 Å². The Morgan fingerprint density at radius 2 is 2.19 bits per heavy atom. The summed E-state index contributed by atoms with van der Waals surface area (Å²) in [5.41, 5.74) is 0.888. The van der Waals surface area contributed by atoms with Crippen LogP contribution < -0.4 is 10.1 Å². The summed E-state index contributed by atoms with van der Waals surface area (Å²) in [5, 5.41) is 3.30. The fourth-order valence-electron chi connectivity index (χ4n) is 1.17.